The molecule has 0 aliphatic carbocycles. The first-order valence-electron chi connectivity index (χ1n) is 13.3. The lowest BCUT2D eigenvalue weighted by atomic mass is 10.2. The highest BCUT2D eigenvalue weighted by Gasteiger charge is 2.25. The molecule has 0 aromatic carbocycles. The van der Waals surface area contributed by atoms with Crippen LogP contribution >= 0.6 is 0 Å². The molecule has 8 heteroatoms. The fourth-order valence-corrected chi connectivity index (χ4v) is 4.62. The molecule has 190 valence electrons. The number of amides is 2. The van der Waals surface area contributed by atoms with E-state index in [1.54, 1.807) is 6.20 Å². The van der Waals surface area contributed by atoms with Crippen LogP contribution in [0.4, 0.5) is 5.82 Å². The largest absolute Gasteiger partial charge is 0.354 e. The Hall–Kier alpha value is -2.19. The minimum Gasteiger partial charge on any atom is -0.354 e. The van der Waals surface area contributed by atoms with Crippen molar-refractivity contribution >= 4 is 17.6 Å². The maximum absolute atomic E-state index is 12.8. The van der Waals surface area contributed by atoms with E-state index in [1.165, 1.54) is 19.3 Å². The van der Waals surface area contributed by atoms with E-state index >= 15 is 0 Å². The zero-order valence-corrected chi connectivity index (χ0v) is 21.3. The lowest BCUT2D eigenvalue weighted by molar-refractivity contribution is -0.134. The third-order valence-corrected chi connectivity index (χ3v) is 6.93. The average molecular weight is 473 g/mol. The SMILES string of the molecule is CCCCCNC(=O)c1ccc(N2CCN(CC(=O)N3CCN(CCCCC)CC3)CC2)nc1. The summed E-state index contributed by atoms with van der Waals surface area (Å²) < 4.78 is 0. The first-order chi connectivity index (χ1) is 16.6. The minimum atomic E-state index is -0.0553. The second kappa shape index (κ2) is 14.3. The predicted molar refractivity (Wildman–Crippen MR) is 137 cm³/mol. The van der Waals surface area contributed by atoms with Crippen molar-refractivity contribution in [3.8, 4) is 0 Å². The molecule has 2 aliphatic heterocycles. The van der Waals surface area contributed by atoms with Crippen molar-refractivity contribution in [3.05, 3.63) is 23.9 Å². The Morgan fingerprint density at radius 1 is 0.853 bits per heavy atom. The maximum atomic E-state index is 12.8. The molecule has 3 heterocycles. The number of nitrogens with zero attached hydrogens (tertiary/aromatic N) is 5. The molecule has 8 nitrogen and oxygen atoms in total. The normalized spacial score (nSPS) is 17.7. The summed E-state index contributed by atoms with van der Waals surface area (Å²) in [5.74, 6) is 1.10. The van der Waals surface area contributed by atoms with Gasteiger partial charge in [0.1, 0.15) is 5.82 Å². The quantitative estimate of drug-likeness (QED) is 0.471. The van der Waals surface area contributed by atoms with Gasteiger partial charge in [-0.3, -0.25) is 19.4 Å². The number of nitrogens with one attached hydrogen (secondary N) is 1. The van der Waals surface area contributed by atoms with E-state index in [0.29, 0.717) is 18.7 Å². The first-order valence-corrected chi connectivity index (χ1v) is 13.3. The lowest BCUT2D eigenvalue weighted by Crippen LogP contribution is -2.54. The van der Waals surface area contributed by atoms with Gasteiger partial charge in [-0.05, 0) is 31.5 Å². The first kappa shape index (κ1) is 26.4. The Bertz CT molecular complexity index is 740. The van der Waals surface area contributed by atoms with Crippen LogP contribution in [0.25, 0.3) is 0 Å². The fourth-order valence-electron chi connectivity index (χ4n) is 4.62. The third-order valence-electron chi connectivity index (χ3n) is 6.93. The molecule has 0 spiro atoms. The summed E-state index contributed by atoms with van der Waals surface area (Å²) >= 11 is 0. The molecule has 1 aromatic rings. The van der Waals surface area contributed by atoms with Crippen molar-refractivity contribution < 1.29 is 9.59 Å². The molecule has 34 heavy (non-hydrogen) atoms. The van der Waals surface area contributed by atoms with E-state index in [2.05, 4.69) is 38.8 Å². The smallest absolute Gasteiger partial charge is 0.252 e. The number of aromatic nitrogens is 1. The standard InChI is InChI=1S/C26H44N6O2/c1-3-5-7-11-27-26(34)23-9-10-24(28-21-23)31-17-15-30(16-18-31)22-25(33)32-19-13-29(14-20-32)12-8-6-4-2/h9-10,21H,3-8,11-20,22H2,1-2H3,(H,27,34). The topological polar surface area (TPSA) is 72.0 Å². The highest BCUT2D eigenvalue weighted by Crippen LogP contribution is 2.15. The molecule has 2 saturated heterocycles. The summed E-state index contributed by atoms with van der Waals surface area (Å²) in [5.41, 5.74) is 0.606. The Balaban J connectivity index is 1.36. The number of pyridine rings is 1. The van der Waals surface area contributed by atoms with E-state index in [9.17, 15) is 9.59 Å². The third kappa shape index (κ3) is 8.24. The zero-order chi connectivity index (χ0) is 24.2. The van der Waals surface area contributed by atoms with Gasteiger partial charge in [-0.2, -0.15) is 0 Å². The van der Waals surface area contributed by atoms with E-state index in [0.717, 1.165) is 84.0 Å². The van der Waals surface area contributed by atoms with Crippen molar-refractivity contribution in [2.45, 2.75) is 52.4 Å². The molecule has 2 amide bonds. The number of anilines is 1. The molecule has 2 fully saturated rings. The number of hydrogen-bond donors (Lipinski definition) is 1. The number of rotatable bonds is 12. The van der Waals surface area contributed by atoms with E-state index in [4.69, 9.17) is 0 Å². The monoisotopic (exact) mass is 472 g/mol. The molecule has 1 aromatic heterocycles. The van der Waals surface area contributed by atoms with Crippen LogP contribution in [-0.4, -0.2) is 103 Å². The van der Waals surface area contributed by atoms with Crippen LogP contribution in [-0.2, 0) is 4.79 Å². The highest BCUT2D eigenvalue weighted by molar-refractivity contribution is 5.94. The summed E-state index contributed by atoms with van der Waals surface area (Å²) in [6.45, 7) is 13.9. The van der Waals surface area contributed by atoms with E-state index in [1.807, 2.05) is 17.0 Å². The van der Waals surface area contributed by atoms with Gasteiger partial charge in [0.15, 0.2) is 0 Å². The Labute approximate surface area is 205 Å². The summed E-state index contributed by atoms with van der Waals surface area (Å²) in [6, 6.07) is 3.79. The summed E-state index contributed by atoms with van der Waals surface area (Å²) in [5, 5.41) is 2.96. The van der Waals surface area contributed by atoms with Crippen LogP contribution in [0.1, 0.15) is 62.7 Å². The molecule has 2 aliphatic rings. The van der Waals surface area contributed by atoms with Gasteiger partial charge in [-0.15, -0.1) is 0 Å². The molecule has 0 bridgehead atoms. The molecule has 3 rings (SSSR count). The molecule has 0 unspecified atom stereocenters. The zero-order valence-electron chi connectivity index (χ0n) is 21.3. The lowest BCUT2D eigenvalue weighted by Gasteiger charge is -2.38. The summed E-state index contributed by atoms with van der Waals surface area (Å²) in [7, 11) is 0. The average Bonchev–Trinajstić information content (AvgIpc) is 2.87. The molecular weight excluding hydrogens is 428 g/mol. The number of carbonyl (C=O) groups is 2. The maximum Gasteiger partial charge on any atom is 0.252 e. The number of hydrogen-bond acceptors (Lipinski definition) is 6. The number of piperazine rings is 2. The summed E-state index contributed by atoms with van der Waals surface area (Å²) in [4.78, 5) is 38.6. The molecule has 1 N–H and O–H groups in total. The number of unbranched alkanes of at least 4 members (excludes halogenated alkanes) is 4. The van der Waals surface area contributed by atoms with Gasteiger partial charge in [-0.1, -0.05) is 39.5 Å². The van der Waals surface area contributed by atoms with Gasteiger partial charge < -0.3 is 15.1 Å². The van der Waals surface area contributed by atoms with Crippen LogP contribution in [0.15, 0.2) is 18.3 Å². The van der Waals surface area contributed by atoms with Crippen LogP contribution in [0, 0.1) is 0 Å². The van der Waals surface area contributed by atoms with Gasteiger partial charge in [0, 0.05) is 65.1 Å². The van der Waals surface area contributed by atoms with Gasteiger partial charge >= 0.3 is 0 Å². The molecular formula is C26H44N6O2. The molecule has 0 saturated carbocycles. The van der Waals surface area contributed by atoms with Crippen molar-refractivity contribution in [2.24, 2.45) is 0 Å². The Kier molecular flexibility index (Phi) is 11.1. The predicted octanol–water partition coefficient (Wildman–Crippen LogP) is 2.46. The van der Waals surface area contributed by atoms with Gasteiger partial charge in [0.25, 0.3) is 5.91 Å². The second-order valence-electron chi connectivity index (χ2n) is 9.56. The van der Waals surface area contributed by atoms with E-state index < -0.39 is 0 Å². The van der Waals surface area contributed by atoms with Gasteiger partial charge in [0.2, 0.25) is 5.91 Å². The van der Waals surface area contributed by atoms with Crippen molar-refractivity contribution in [1.29, 1.82) is 0 Å². The molecule has 0 atom stereocenters. The van der Waals surface area contributed by atoms with Crippen LogP contribution in [0.5, 0.6) is 0 Å². The van der Waals surface area contributed by atoms with Crippen LogP contribution in [0.3, 0.4) is 0 Å². The summed E-state index contributed by atoms with van der Waals surface area (Å²) in [6.07, 6.45) is 8.76. The minimum absolute atomic E-state index is 0.0553. The van der Waals surface area contributed by atoms with Crippen LogP contribution < -0.4 is 10.2 Å². The second-order valence-corrected chi connectivity index (χ2v) is 9.56. The Morgan fingerprint density at radius 2 is 1.53 bits per heavy atom. The van der Waals surface area contributed by atoms with E-state index in [-0.39, 0.29) is 11.8 Å². The van der Waals surface area contributed by atoms with Gasteiger partial charge in [0.05, 0.1) is 12.1 Å². The Morgan fingerprint density at radius 3 is 2.18 bits per heavy atom. The van der Waals surface area contributed by atoms with Crippen molar-refractivity contribution in [1.82, 2.24) is 25.0 Å². The van der Waals surface area contributed by atoms with Crippen molar-refractivity contribution in [3.63, 3.8) is 0 Å². The van der Waals surface area contributed by atoms with Gasteiger partial charge in [-0.25, -0.2) is 4.98 Å². The highest BCUT2D eigenvalue weighted by atomic mass is 16.2. The van der Waals surface area contributed by atoms with Crippen molar-refractivity contribution in [2.75, 3.05) is 76.9 Å². The fraction of sp³-hybridized carbons (Fsp3) is 0.731. The molecule has 0 radical (unpaired) electrons. The van der Waals surface area contributed by atoms with Crippen LogP contribution in [0.2, 0.25) is 0 Å². The number of carbonyl (C=O) groups excluding carboxylic acids is 2.